The number of hydrogen-bond acceptors (Lipinski definition) is 7. The standard InChI is InChI=1S/C27H26N4O5/c1-16(2)31-26-20(14-28-31)19(27(33)36-15-25(32)29-21-7-5-4-6-17(21)3)13-22(30-26)18-8-9-23-24(12-18)35-11-10-34-23/h4-9,12-14,16H,10-11,15H2,1-3H3,(H,29,32). The van der Waals surface area contributed by atoms with Gasteiger partial charge >= 0.3 is 5.97 Å². The van der Waals surface area contributed by atoms with Crippen molar-refractivity contribution in [3.05, 3.63) is 65.9 Å². The van der Waals surface area contributed by atoms with Gasteiger partial charge in [0.25, 0.3) is 5.91 Å². The summed E-state index contributed by atoms with van der Waals surface area (Å²) in [4.78, 5) is 30.4. The normalized spacial score (nSPS) is 12.6. The van der Waals surface area contributed by atoms with Crippen LogP contribution in [0.3, 0.4) is 0 Å². The van der Waals surface area contributed by atoms with Crippen molar-refractivity contribution in [1.82, 2.24) is 14.8 Å². The van der Waals surface area contributed by atoms with Gasteiger partial charge in [-0.15, -0.1) is 0 Å². The largest absolute Gasteiger partial charge is 0.486 e. The molecule has 3 heterocycles. The molecule has 1 N–H and O–H groups in total. The van der Waals surface area contributed by atoms with Crippen LogP contribution in [0.1, 0.15) is 35.8 Å². The summed E-state index contributed by atoms with van der Waals surface area (Å²) in [5.74, 6) is 0.227. The molecule has 0 aliphatic carbocycles. The maximum absolute atomic E-state index is 13.2. The van der Waals surface area contributed by atoms with E-state index >= 15 is 0 Å². The molecule has 1 amide bonds. The minimum atomic E-state index is -0.635. The zero-order valence-corrected chi connectivity index (χ0v) is 20.3. The quantitative estimate of drug-likeness (QED) is 0.399. The summed E-state index contributed by atoms with van der Waals surface area (Å²) in [6.45, 7) is 6.40. The van der Waals surface area contributed by atoms with E-state index in [-0.39, 0.29) is 11.6 Å². The van der Waals surface area contributed by atoms with Gasteiger partial charge in [-0.1, -0.05) is 18.2 Å². The molecule has 0 saturated heterocycles. The fourth-order valence-electron chi connectivity index (χ4n) is 4.02. The second kappa shape index (κ2) is 9.69. The van der Waals surface area contributed by atoms with Crippen LogP contribution in [0.15, 0.2) is 54.7 Å². The van der Waals surface area contributed by atoms with Crippen LogP contribution in [0.5, 0.6) is 11.5 Å². The van der Waals surface area contributed by atoms with Crippen LogP contribution < -0.4 is 14.8 Å². The van der Waals surface area contributed by atoms with E-state index in [1.807, 2.05) is 57.2 Å². The molecule has 1 aliphatic rings. The average Bonchev–Trinajstić information content (AvgIpc) is 3.32. The van der Waals surface area contributed by atoms with Crippen molar-refractivity contribution in [2.45, 2.75) is 26.8 Å². The highest BCUT2D eigenvalue weighted by Crippen LogP contribution is 2.35. The number of ether oxygens (including phenoxy) is 3. The minimum Gasteiger partial charge on any atom is -0.486 e. The first-order chi connectivity index (χ1) is 17.4. The molecule has 2 aromatic carbocycles. The number of pyridine rings is 1. The van der Waals surface area contributed by atoms with Crippen molar-refractivity contribution in [3.63, 3.8) is 0 Å². The van der Waals surface area contributed by atoms with Crippen LogP contribution >= 0.6 is 0 Å². The van der Waals surface area contributed by atoms with Gasteiger partial charge in [0.15, 0.2) is 23.8 Å². The van der Waals surface area contributed by atoms with Gasteiger partial charge in [-0.3, -0.25) is 4.79 Å². The first kappa shape index (κ1) is 23.3. The lowest BCUT2D eigenvalue weighted by Gasteiger charge is -2.19. The van der Waals surface area contributed by atoms with Gasteiger partial charge in [-0.25, -0.2) is 14.5 Å². The van der Waals surface area contributed by atoms with E-state index < -0.39 is 18.5 Å². The van der Waals surface area contributed by atoms with Gasteiger partial charge in [0.2, 0.25) is 0 Å². The molecule has 9 nitrogen and oxygen atoms in total. The Balaban J connectivity index is 1.45. The van der Waals surface area contributed by atoms with Crippen LogP contribution in [0.4, 0.5) is 5.69 Å². The molecular formula is C27H26N4O5. The van der Waals surface area contributed by atoms with E-state index in [0.29, 0.717) is 47.1 Å². The number of para-hydroxylation sites is 1. The highest BCUT2D eigenvalue weighted by Gasteiger charge is 2.21. The molecule has 0 bridgehead atoms. The van der Waals surface area contributed by atoms with E-state index in [2.05, 4.69) is 10.4 Å². The topological polar surface area (TPSA) is 105 Å². The maximum atomic E-state index is 13.2. The van der Waals surface area contributed by atoms with Crippen molar-refractivity contribution in [2.24, 2.45) is 0 Å². The van der Waals surface area contributed by atoms with E-state index in [1.54, 1.807) is 23.0 Å². The SMILES string of the molecule is Cc1ccccc1NC(=O)COC(=O)c1cc(-c2ccc3c(c2)OCCO3)nc2c1cnn2C(C)C. The summed E-state index contributed by atoms with van der Waals surface area (Å²) in [7, 11) is 0. The number of anilines is 1. The molecule has 0 spiro atoms. The number of aromatic nitrogens is 3. The number of rotatable bonds is 6. The lowest BCUT2D eigenvalue weighted by molar-refractivity contribution is -0.119. The van der Waals surface area contributed by atoms with Crippen molar-refractivity contribution >= 4 is 28.6 Å². The smallest absolute Gasteiger partial charge is 0.339 e. The third-order valence-corrected chi connectivity index (χ3v) is 5.87. The van der Waals surface area contributed by atoms with Gasteiger partial charge in [0.05, 0.1) is 22.8 Å². The highest BCUT2D eigenvalue weighted by molar-refractivity contribution is 6.05. The van der Waals surface area contributed by atoms with Crippen LogP contribution in [0.2, 0.25) is 0 Å². The Morgan fingerprint density at radius 2 is 1.86 bits per heavy atom. The molecule has 36 heavy (non-hydrogen) atoms. The maximum Gasteiger partial charge on any atom is 0.339 e. The third kappa shape index (κ3) is 4.59. The molecule has 2 aromatic heterocycles. The lowest BCUT2D eigenvalue weighted by Crippen LogP contribution is -2.21. The summed E-state index contributed by atoms with van der Waals surface area (Å²) in [5.41, 5.74) is 3.72. The molecule has 5 rings (SSSR count). The van der Waals surface area contributed by atoms with E-state index in [9.17, 15) is 9.59 Å². The predicted octanol–water partition coefficient (Wildman–Crippen LogP) is 4.55. The fourth-order valence-corrected chi connectivity index (χ4v) is 4.02. The van der Waals surface area contributed by atoms with Crippen molar-refractivity contribution in [1.29, 1.82) is 0 Å². The number of fused-ring (bicyclic) bond motifs is 2. The van der Waals surface area contributed by atoms with Crippen LogP contribution in [-0.4, -0.2) is 46.5 Å². The average molecular weight is 487 g/mol. The van der Waals surface area contributed by atoms with E-state index in [4.69, 9.17) is 19.2 Å². The molecule has 0 fully saturated rings. The second-order valence-corrected chi connectivity index (χ2v) is 8.77. The van der Waals surface area contributed by atoms with Crippen LogP contribution in [0.25, 0.3) is 22.3 Å². The van der Waals surface area contributed by atoms with Gasteiger partial charge in [0, 0.05) is 17.3 Å². The molecule has 184 valence electrons. The zero-order valence-electron chi connectivity index (χ0n) is 20.3. The molecule has 0 atom stereocenters. The number of nitrogens with one attached hydrogen (secondary N) is 1. The number of amides is 1. The van der Waals surface area contributed by atoms with Crippen molar-refractivity contribution in [2.75, 3.05) is 25.1 Å². The summed E-state index contributed by atoms with van der Waals surface area (Å²) in [6.07, 6.45) is 1.60. The Morgan fingerprint density at radius 3 is 2.64 bits per heavy atom. The van der Waals surface area contributed by atoms with Gasteiger partial charge in [0.1, 0.15) is 13.2 Å². The molecule has 4 aromatic rings. The Bertz CT molecular complexity index is 1460. The Morgan fingerprint density at radius 1 is 1.08 bits per heavy atom. The number of benzene rings is 2. The molecule has 1 aliphatic heterocycles. The molecule has 0 unspecified atom stereocenters. The van der Waals surface area contributed by atoms with Gasteiger partial charge < -0.3 is 19.5 Å². The number of carbonyl (C=O) groups excluding carboxylic acids is 2. The van der Waals surface area contributed by atoms with E-state index in [1.165, 1.54) is 0 Å². The number of nitrogens with zero attached hydrogens (tertiary/aromatic N) is 3. The number of esters is 1. The zero-order chi connectivity index (χ0) is 25.2. The summed E-state index contributed by atoms with van der Waals surface area (Å²) >= 11 is 0. The Labute approximate surface area is 208 Å². The molecule has 0 saturated carbocycles. The predicted molar refractivity (Wildman–Crippen MR) is 134 cm³/mol. The van der Waals surface area contributed by atoms with Crippen molar-refractivity contribution < 1.29 is 23.8 Å². The number of aryl methyl sites for hydroxylation is 1. The Hall–Kier alpha value is -4.40. The number of hydrogen-bond donors (Lipinski definition) is 1. The van der Waals surface area contributed by atoms with E-state index in [0.717, 1.165) is 11.1 Å². The summed E-state index contributed by atoms with van der Waals surface area (Å²) < 4.78 is 18.5. The summed E-state index contributed by atoms with van der Waals surface area (Å²) in [6, 6.07) is 14.6. The monoisotopic (exact) mass is 486 g/mol. The third-order valence-electron chi connectivity index (χ3n) is 5.87. The first-order valence-electron chi connectivity index (χ1n) is 11.7. The second-order valence-electron chi connectivity index (χ2n) is 8.77. The fraction of sp³-hybridized carbons (Fsp3) is 0.259. The van der Waals surface area contributed by atoms with Gasteiger partial charge in [-0.2, -0.15) is 5.10 Å². The molecular weight excluding hydrogens is 460 g/mol. The molecule has 0 radical (unpaired) electrons. The minimum absolute atomic E-state index is 0.0225. The van der Waals surface area contributed by atoms with Gasteiger partial charge in [-0.05, 0) is 56.7 Å². The first-order valence-corrected chi connectivity index (χ1v) is 11.7. The van der Waals surface area contributed by atoms with Crippen LogP contribution in [-0.2, 0) is 9.53 Å². The lowest BCUT2D eigenvalue weighted by atomic mass is 10.1. The molecule has 9 heteroatoms. The van der Waals surface area contributed by atoms with Crippen molar-refractivity contribution in [3.8, 4) is 22.8 Å². The Kier molecular flexibility index (Phi) is 6.28. The summed E-state index contributed by atoms with van der Waals surface area (Å²) in [5, 5.41) is 7.75. The highest BCUT2D eigenvalue weighted by atomic mass is 16.6. The van der Waals surface area contributed by atoms with Crippen LogP contribution in [0, 0.1) is 6.92 Å². The number of carbonyl (C=O) groups is 2.